The molecule has 0 aliphatic heterocycles. The lowest BCUT2D eigenvalue weighted by Crippen LogP contribution is -2.32. The van der Waals surface area contributed by atoms with E-state index in [0.717, 1.165) is 17.4 Å². The number of halogens is 1. The molecule has 0 heterocycles. The molecular formula is C14H22BrN3O3S. The van der Waals surface area contributed by atoms with Gasteiger partial charge in [0.1, 0.15) is 0 Å². The lowest BCUT2D eigenvalue weighted by molar-refractivity contribution is -0.120. The maximum Gasteiger partial charge on any atom is 0.240 e. The van der Waals surface area contributed by atoms with E-state index in [1.54, 1.807) is 12.1 Å². The van der Waals surface area contributed by atoms with E-state index < -0.39 is 10.0 Å². The summed E-state index contributed by atoms with van der Waals surface area (Å²) in [6.07, 6.45) is 0.987. The van der Waals surface area contributed by atoms with Crippen LogP contribution in [0.2, 0.25) is 0 Å². The van der Waals surface area contributed by atoms with Crippen LogP contribution in [0, 0.1) is 0 Å². The molecule has 1 aromatic rings. The lowest BCUT2D eigenvalue weighted by atomic mass is 10.3. The Labute approximate surface area is 140 Å². The minimum atomic E-state index is -3.57. The molecule has 1 aromatic carbocycles. The van der Waals surface area contributed by atoms with E-state index >= 15 is 0 Å². The predicted molar refractivity (Wildman–Crippen MR) is 90.1 cm³/mol. The zero-order chi connectivity index (χ0) is 16.6. The molecule has 0 saturated carbocycles. The fourth-order valence-corrected chi connectivity index (χ4v) is 3.00. The standard InChI is InChI=1S/C14H22BrN3O3S/c1-18(2)11-3-9-16-14(19)8-10-17-22(20,21)13-6-4-12(15)5-7-13/h4-7,17H,3,8-11H2,1-2H3,(H,16,19). The summed E-state index contributed by atoms with van der Waals surface area (Å²) in [5, 5.41) is 2.76. The van der Waals surface area contributed by atoms with Crippen molar-refractivity contribution >= 4 is 31.9 Å². The van der Waals surface area contributed by atoms with Gasteiger partial charge in [0.25, 0.3) is 0 Å². The van der Waals surface area contributed by atoms with E-state index in [4.69, 9.17) is 0 Å². The van der Waals surface area contributed by atoms with Gasteiger partial charge in [-0.25, -0.2) is 13.1 Å². The SMILES string of the molecule is CN(C)CCCNC(=O)CCNS(=O)(=O)c1ccc(Br)cc1. The summed E-state index contributed by atoms with van der Waals surface area (Å²) < 4.78 is 27.2. The highest BCUT2D eigenvalue weighted by Crippen LogP contribution is 2.14. The summed E-state index contributed by atoms with van der Waals surface area (Å²) in [6, 6.07) is 6.33. The summed E-state index contributed by atoms with van der Waals surface area (Å²) in [4.78, 5) is 13.8. The van der Waals surface area contributed by atoms with Crippen molar-refractivity contribution in [2.75, 3.05) is 33.7 Å². The number of carbonyl (C=O) groups excluding carboxylic acids is 1. The first kappa shape index (κ1) is 19.1. The quantitative estimate of drug-likeness (QED) is 0.619. The molecule has 124 valence electrons. The first-order valence-electron chi connectivity index (χ1n) is 6.98. The molecule has 0 atom stereocenters. The van der Waals surface area contributed by atoms with Crippen LogP contribution in [-0.2, 0) is 14.8 Å². The maximum absolute atomic E-state index is 12.0. The van der Waals surface area contributed by atoms with Crippen LogP contribution in [0.1, 0.15) is 12.8 Å². The number of sulfonamides is 1. The van der Waals surface area contributed by atoms with Gasteiger partial charge < -0.3 is 10.2 Å². The van der Waals surface area contributed by atoms with Gasteiger partial charge in [-0.3, -0.25) is 4.79 Å². The third kappa shape index (κ3) is 7.35. The number of hydrogen-bond acceptors (Lipinski definition) is 4. The van der Waals surface area contributed by atoms with Crippen molar-refractivity contribution in [3.63, 3.8) is 0 Å². The van der Waals surface area contributed by atoms with Crippen LogP contribution in [0.5, 0.6) is 0 Å². The van der Waals surface area contributed by atoms with Crippen LogP contribution in [-0.4, -0.2) is 53.0 Å². The number of benzene rings is 1. The molecule has 0 saturated heterocycles. The zero-order valence-corrected chi connectivity index (χ0v) is 15.2. The van der Waals surface area contributed by atoms with Crippen LogP contribution in [0.3, 0.4) is 0 Å². The smallest absolute Gasteiger partial charge is 0.240 e. The molecule has 0 aliphatic rings. The Morgan fingerprint density at radius 2 is 1.82 bits per heavy atom. The molecule has 6 nitrogen and oxygen atoms in total. The van der Waals surface area contributed by atoms with Gasteiger partial charge >= 0.3 is 0 Å². The van der Waals surface area contributed by atoms with E-state index in [0.29, 0.717) is 6.54 Å². The fourth-order valence-electron chi connectivity index (χ4n) is 1.71. The molecule has 0 spiro atoms. The van der Waals surface area contributed by atoms with Crippen LogP contribution in [0.25, 0.3) is 0 Å². The van der Waals surface area contributed by atoms with Crippen molar-refractivity contribution in [2.45, 2.75) is 17.7 Å². The maximum atomic E-state index is 12.0. The Bertz CT molecular complexity index is 574. The number of carbonyl (C=O) groups is 1. The van der Waals surface area contributed by atoms with E-state index in [1.165, 1.54) is 12.1 Å². The summed E-state index contributed by atoms with van der Waals surface area (Å²) in [6.45, 7) is 1.57. The third-order valence-corrected chi connectivity index (χ3v) is 4.88. The first-order valence-corrected chi connectivity index (χ1v) is 9.25. The van der Waals surface area contributed by atoms with Crippen LogP contribution >= 0.6 is 15.9 Å². The van der Waals surface area contributed by atoms with Crippen molar-refractivity contribution in [3.8, 4) is 0 Å². The Kier molecular flexibility index (Phi) is 8.02. The third-order valence-electron chi connectivity index (χ3n) is 2.87. The summed E-state index contributed by atoms with van der Waals surface area (Å²) in [5.74, 6) is -0.155. The monoisotopic (exact) mass is 391 g/mol. The Morgan fingerprint density at radius 1 is 1.18 bits per heavy atom. The number of nitrogens with zero attached hydrogens (tertiary/aromatic N) is 1. The van der Waals surface area contributed by atoms with Crippen LogP contribution in [0.4, 0.5) is 0 Å². The first-order chi connectivity index (χ1) is 10.3. The minimum Gasteiger partial charge on any atom is -0.356 e. The average molecular weight is 392 g/mol. The van der Waals surface area contributed by atoms with Gasteiger partial charge in [-0.2, -0.15) is 0 Å². The van der Waals surface area contributed by atoms with Crippen molar-refractivity contribution < 1.29 is 13.2 Å². The Balaban J connectivity index is 2.30. The highest BCUT2D eigenvalue weighted by Gasteiger charge is 2.13. The van der Waals surface area contributed by atoms with E-state index in [1.807, 2.05) is 19.0 Å². The molecule has 0 unspecified atom stereocenters. The second-order valence-electron chi connectivity index (χ2n) is 5.11. The normalized spacial score (nSPS) is 11.6. The molecule has 0 aromatic heterocycles. The Morgan fingerprint density at radius 3 is 2.41 bits per heavy atom. The number of nitrogens with one attached hydrogen (secondary N) is 2. The van der Waals surface area contributed by atoms with Crippen LogP contribution in [0.15, 0.2) is 33.6 Å². The predicted octanol–water partition coefficient (Wildman–Crippen LogP) is 1.19. The van der Waals surface area contributed by atoms with Crippen molar-refractivity contribution in [1.82, 2.24) is 14.9 Å². The Hall–Kier alpha value is -0.960. The molecule has 1 rings (SSSR count). The van der Waals surface area contributed by atoms with E-state index in [-0.39, 0.29) is 23.8 Å². The molecule has 2 N–H and O–H groups in total. The minimum absolute atomic E-state index is 0.0813. The second kappa shape index (κ2) is 9.24. The van der Waals surface area contributed by atoms with Gasteiger partial charge in [-0.05, 0) is 51.3 Å². The largest absolute Gasteiger partial charge is 0.356 e. The molecule has 0 radical (unpaired) electrons. The van der Waals surface area contributed by atoms with Gasteiger partial charge in [-0.1, -0.05) is 15.9 Å². The molecule has 1 amide bonds. The molecule has 22 heavy (non-hydrogen) atoms. The average Bonchev–Trinajstić information content (AvgIpc) is 2.43. The summed E-state index contributed by atoms with van der Waals surface area (Å²) >= 11 is 3.25. The zero-order valence-electron chi connectivity index (χ0n) is 12.8. The van der Waals surface area contributed by atoms with E-state index in [9.17, 15) is 13.2 Å². The van der Waals surface area contributed by atoms with Crippen molar-refractivity contribution in [2.24, 2.45) is 0 Å². The van der Waals surface area contributed by atoms with Crippen LogP contribution < -0.4 is 10.0 Å². The van der Waals surface area contributed by atoms with Gasteiger partial charge in [0.2, 0.25) is 15.9 Å². The molecule has 0 fully saturated rings. The second-order valence-corrected chi connectivity index (χ2v) is 7.79. The topological polar surface area (TPSA) is 78.5 Å². The summed E-state index contributed by atoms with van der Waals surface area (Å²) in [7, 11) is 0.375. The molecule has 0 bridgehead atoms. The molecule has 0 aliphatic carbocycles. The number of amides is 1. The molecule has 8 heteroatoms. The number of hydrogen-bond donors (Lipinski definition) is 2. The van der Waals surface area contributed by atoms with Gasteiger partial charge in [0.05, 0.1) is 4.90 Å². The number of rotatable bonds is 9. The molecular weight excluding hydrogens is 370 g/mol. The highest BCUT2D eigenvalue weighted by atomic mass is 79.9. The highest BCUT2D eigenvalue weighted by molar-refractivity contribution is 9.10. The lowest BCUT2D eigenvalue weighted by Gasteiger charge is -2.10. The van der Waals surface area contributed by atoms with Crippen molar-refractivity contribution in [1.29, 1.82) is 0 Å². The van der Waals surface area contributed by atoms with E-state index in [2.05, 4.69) is 26.0 Å². The fraction of sp³-hybridized carbons (Fsp3) is 0.500. The van der Waals surface area contributed by atoms with Gasteiger partial charge in [0.15, 0.2) is 0 Å². The van der Waals surface area contributed by atoms with Gasteiger partial charge in [0, 0.05) is 24.0 Å². The van der Waals surface area contributed by atoms with Crippen molar-refractivity contribution in [3.05, 3.63) is 28.7 Å². The summed E-state index contributed by atoms with van der Waals surface area (Å²) in [5.41, 5.74) is 0. The van der Waals surface area contributed by atoms with Gasteiger partial charge in [-0.15, -0.1) is 0 Å².